The molecule has 0 spiro atoms. The summed E-state index contributed by atoms with van der Waals surface area (Å²) in [4.78, 5) is 26.5. The molecule has 3 aromatic rings. The number of aliphatic hydroxyl groups is 1. The Bertz CT molecular complexity index is 1190. The van der Waals surface area contributed by atoms with Crippen LogP contribution >= 0.6 is 0 Å². The fourth-order valence-electron chi connectivity index (χ4n) is 3.51. The fraction of sp³-hybridized carbons (Fsp3) is 0.0435. The van der Waals surface area contributed by atoms with Crippen LogP contribution in [0.15, 0.2) is 78.4 Å². The lowest BCUT2D eigenvalue weighted by molar-refractivity contribution is -0.132. The Kier molecular flexibility index (Phi) is 4.79. The topological polar surface area (TPSA) is 77.8 Å². The highest BCUT2D eigenvalue weighted by atomic mass is 19.1. The minimum absolute atomic E-state index is 0.155. The number of hydrogen-bond donors (Lipinski definition) is 2. The summed E-state index contributed by atoms with van der Waals surface area (Å²) in [6.45, 7) is 0. The summed E-state index contributed by atoms with van der Waals surface area (Å²) < 4.78 is 28.4. The number of rotatable bonds is 3. The third-order valence-corrected chi connectivity index (χ3v) is 4.85. The molecule has 1 aliphatic rings. The number of ketones is 1. The SMILES string of the molecule is O=C1C(=O)N(c2cc(F)ccc2F)C(c2cccc(O)c2)/C1=C(\O)c1ccccc1. The molecule has 1 aliphatic heterocycles. The van der Waals surface area contributed by atoms with Gasteiger partial charge in [-0.3, -0.25) is 14.5 Å². The minimum atomic E-state index is -1.27. The number of halogens is 2. The van der Waals surface area contributed by atoms with Gasteiger partial charge in [0, 0.05) is 11.6 Å². The Balaban J connectivity index is 2.00. The van der Waals surface area contributed by atoms with E-state index in [4.69, 9.17) is 0 Å². The molecule has 150 valence electrons. The molecule has 5 nitrogen and oxygen atoms in total. The van der Waals surface area contributed by atoms with Gasteiger partial charge in [-0.25, -0.2) is 8.78 Å². The molecule has 0 radical (unpaired) electrons. The zero-order valence-corrected chi connectivity index (χ0v) is 15.4. The molecular formula is C23H15F2NO4. The number of carbonyl (C=O) groups is 2. The summed E-state index contributed by atoms with van der Waals surface area (Å²) in [7, 11) is 0. The molecule has 30 heavy (non-hydrogen) atoms. The second-order valence-corrected chi connectivity index (χ2v) is 6.73. The van der Waals surface area contributed by atoms with Crippen molar-refractivity contribution < 1.29 is 28.6 Å². The largest absolute Gasteiger partial charge is 0.508 e. The first-order chi connectivity index (χ1) is 14.4. The highest BCUT2D eigenvalue weighted by Gasteiger charge is 2.47. The van der Waals surface area contributed by atoms with Gasteiger partial charge >= 0.3 is 0 Å². The summed E-state index contributed by atoms with van der Waals surface area (Å²) in [6.07, 6.45) is 0. The standard InChI is InChI=1S/C23H15F2NO4/c24-15-9-10-17(25)18(12-15)26-20(14-7-4-8-16(27)11-14)19(22(29)23(26)30)21(28)13-5-2-1-3-6-13/h1-12,20,27-28H/b21-19+. The number of benzene rings is 3. The highest BCUT2D eigenvalue weighted by Crippen LogP contribution is 2.43. The zero-order valence-electron chi connectivity index (χ0n) is 15.4. The van der Waals surface area contributed by atoms with Crippen molar-refractivity contribution in [2.75, 3.05) is 4.90 Å². The molecular weight excluding hydrogens is 392 g/mol. The van der Waals surface area contributed by atoms with Crippen LogP contribution in [0.4, 0.5) is 14.5 Å². The summed E-state index contributed by atoms with van der Waals surface area (Å²) >= 11 is 0. The van der Waals surface area contributed by atoms with E-state index in [1.54, 1.807) is 30.3 Å². The first-order valence-electron chi connectivity index (χ1n) is 8.99. The molecule has 1 unspecified atom stereocenters. The monoisotopic (exact) mass is 407 g/mol. The van der Waals surface area contributed by atoms with Crippen molar-refractivity contribution >= 4 is 23.1 Å². The van der Waals surface area contributed by atoms with Crippen molar-refractivity contribution in [2.24, 2.45) is 0 Å². The van der Waals surface area contributed by atoms with Crippen LogP contribution in [0.3, 0.4) is 0 Å². The lowest BCUT2D eigenvalue weighted by Gasteiger charge is -2.26. The Labute approximate surface area is 170 Å². The minimum Gasteiger partial charge on any atom is -0.508 e. The fourth-order valence-corrected chi connectivity index (χ4v) is 3.51. The summed E-state index contributed by atoms with van der Waals surface area (Å²) in [6, 6.07) is 15.0. The van der Waals surface area contributed by atoms with Crippen LogP contribution in [0, 0.1) is 11.6 Å². The van der Waals surface area contributed by atoms with Gasteiger partial charge in [-0.2, -0.15) is 0 Å². The molecule has 0 saturated carbocycles. The Morgan fingerprint density at radius 1 is 0.900 bits per heavy atom. The van der Waals surface area contributed by atoms with Crippen LogP contribution in [0.1, 0.15) is 17.2 Å². The van der Waals surface area contributed by atoms with E-state index in [0.717, 1.165) is 23.1 Å². The highest BCUT2D eigenvalue weighted by molar-refractivity contribution is 6.51. The predicted octanol–water partition coefficient (Wildman–Crippen LogP) is 4.30. The number of Topliss-reactive ketones (excluding diaryl/α,β-unsaturated/α-hetero) is 1. The van der Waals surface area contributed by atoms with Crippen molar-refractivity contribution in [1.82, 2.24) is 0 Å². The van der Waals surface area contributed by atoms with Crippen LogP contribution in [-0.2, 0) is 9.59 Å². The molecule has 1 atom stereocenters. The van der Waals surface area contributed by atoms with E-state index in [9.17, 15) is 28.6 Å². The average molecular weight is 407 g/mol. The third-order valence-electron chi connectivity index (χ3n) is 4.85. The first kappa shape index (κ1) is 19.3. The van der Waals surface area contributed by atoms with Gasteiger partial charge < -0.3 is 10.2 Å². The number of aromatic hydroxyl groups is 1. The van der Waals surface area contributed by atoms with Crippen molar-refractivity contribution in [3.63, 3.8) is 0 Å². The van der Waals surface area contributed by atoms with E-state index in [1.165, 1.54) is 24.3 Å². The van der Waals surface area contributed by atoms with E-state index in [-0.39, 0.29) is 22.4 Å². The van der Waals surface area contributed by atoms with Crippen LogP contribution in [-0.4, -0.2) is 21.9 Å². The van der Waals surface area contributed by atoms with Crippen molar-refractivity contribution in [3.05, 3.63) is 101 Å². The summed E-state index contributed by atoms with van der Waals surface area (Å²) in [5.41, 5.74) is -0.214. The Hall–Kier alpha value is -4.00. The average Bonchev–Trinajstić information content (AvgIpc) is 3.01. The van der Waals surface area contributed by atoms with Gasteiger partial charge in [-0.15, -0.1) is 0 Å². The van der Waals surface area contributed by atoms with Gasteiger partial charge in [0.25, 0.3) is 11.7 Å². The summed E-state index contributed by atoms with van der Waals surface area (Å²) in [5, 5.41) is 20.7. The molecule has 2 N–H and O–H groups in total. The maximum Gasteiger partial charge on any atom is 0.300 e. The molecule has 0 aromatic heterocycles. The van der Waals surface area contributed by atoms with Crippen molar-refractivity contribution in [3.8, 4) is 5.75 Å². The lowest BCUT2D eigenvalue weighted by atomic mass is 9.95. The zero-order chi connectivity index (χ0) is 21.4. The van der Waals surface area contributed by atoms with E-state index in [0.29, 0.717) is 0 Å². The third kappa shape index (κ3) is 3.20. The number of carbonyl (C=O) groups excluding carboxylic acids is 2. The van der Waals surface area contributed by atoms with Gasteiger partial charge in [-0.1, -0.05) is 42.5 Å². The molecule has 0 bridgehead atoms. The van der Waals surface area contributed by atoms with Crippen molar-refractivity contribution in [1.29, 1.82) is 0 Å². The first-order valence-corrected chi connectivity index (χ1v) is 8.99. The van der Waals surface area contributed by atoms with Gasteiger partial charge in [0.1, 0.15) is 23.1 Å². The lowest BCUT2D eigenvalue weighted by Crippen LogP contribution is -2.30. The van der Waals surface area contributed by atoms with E-state index in [1.807, 2.05) is 0 Å². The predicted molar refractivity (Wildman–Crippen MR) is 106 cm³/mol. The Morgan fingerprint density at radius 2 is 1.63 bits per heavy atom. The molecule has 3 aromatic carbocycles. The molecule has 1 heterocycles. The molecule has 7 heteroatoms. The van der Waals surface area contributed by atoms with E-state index >= 15 is 0 Å². The van der Waals surface area contributed by atoms with Crippen molar-refractivity contribution in [2.45, 2.75) is 6.04 Å². The van der Waals surface area contributed by atoms with Gasteiger partial charge in [0.05, 0.1) is 17.3 Å². The molecule has 4 rings (SSSR count). The number of nitrogens with zero attached hydrogens (tertiary/aromatic N) is 1. The van der Waals surface area contributed by atoms with E-state index < -0.39 is 40.8 Å². The van der Waals surface area contributed by atoms with Crippen LogP contribution in [0.5, 0.6) is 5.75 Å². The number of phenolic OH excluding ortho intramolecular Hbond substituents is 1. The maximum absolute atomic E-state index is 14.5. The normalized spacial score (nSPS) is 18.1. The van der Waals surface area contributed by atoms with Crippen LogP contribution < -0.4 is 4.90 Å². The molecule has 1 fully saturated rings. The molecule has 1 saturated heterocycles. The van der Waals surface area contributed by atoms with Gasteiger partial charge in [0.2, 0.25) is 0 Å². The maximum atomic E-state index is 14.5. The van der Waals surface area contributed by atoms with Crippen LogP contribution in [0.25, 0.3) is 5.76 Å². The van der Waals surface area contributed by atoms with Gasteiger partial charge in [-0.05, 0) is 29.8 Å². The van der Waals surface area contributed by atoms with E-state index in [2.05, 4.69) is 0 Å². The quantitative estimate of drug-likeness (QED) is 0.386. The second-order valence-electron chi connectivity index (χ2n) is 6.73. The number of phenols is 1. The molecule has 1 amide bonds. The second kappa shape index (κ2) is 7.44. The molecule has 0 aliphatic carbocycles. The number of aliphatic hydroxyl groups excluding tert-OH is 1. The summed E-state index contributed by atoms with van der Waals surface area (Å²) in [5.74, 6) is -4.49. The number of anilines is 1. The number of hydrogen-bond acceptors (Lipinski definition) is 4. The van der Waals surface area contributed by atoms with Gasteiger partial charge in [0.15, 0.2) is 0 Å². The Morgan fingerprint density at radius 3 is 2.33 bits per heavy atom. The number of amides is 1. The smallest absolute Gasteiger partial charge is 0.300 e. The van der Waals surface area contributed by atoms with Crippen LogP contribution in [0.2, 0.25) is 0 Å².